The van der Waals surface area contributed by atoms with E-state index in [1.54, 1.807) is 0 Å². The number of para-hydroxylation sites is 1. The van der Waals surface area contributed by atoms with Gasteiger partial charge in [-0.3, -0.25) is 4.98 Å². The molecule has 0 atom stereocenters. The van der Waals surface area contributed by atoms with Crippen LogP contribution in [0.2, 0.25) is 0 Å². The van der Waals surface area contributed by atoms with Gasteiger partial charge in [0.05, 0.1) is 26.9 Å². The number of pyridine rings is 2. The Morgan fingerprint density at radius 3 is 2.59 bits per heavy atom. The van der Waals surface area contributed by atoms with Crippen LogP contribution in [-0.2, 0) is 5.21 Å². The van der Waals surface area contributed by atoms with Gasteiger partial charge >= 0.3 is 0 Å². The van der Waals surface area contributed by atoms with Gasteiger partial charge in [0.1, 0.15) is 5.58 Å². The third-order valence-electron chi connectivity index (χ3n) is 7.00. The quantitative estimate of drug-likeness (QED) is 0.328. The Morgan fingerprint density at radius 2 is 1.72 bits per heavy atom. The third-order valence-corrected chi connectivity index (χ3v) is 7.00. The summed E-state index contributed by atoms with van der Waals surface area (Å²) in [4.78, 5) is 9.33. The highest BCUT2D eigenvalue weighted by molar-refractivity contribution is 6.40. The molecule has 32 heavy (non-hydrogen) atoms. The zero-order chi connectivity index (χ0) is 21.7. The predicted molar refractivity (Wildman–Crippen MR) is 132 cm³/mol. The Bertz CT molecular complexity index is 1450. The number of hydrogen-bond acceptors (Lipinski definition) is 3. The molecule has 3 nitrogen and oxygen atoms in total. The highest BCUT2D eigenvalue weighted by atomic mass is 16.3. The van der Waals surface area contributed by atoms with Crippen LogP contribution >= 0.6 is 0 Å². The lowest BCUT2D eigenvalue weighted by atomic mass is 9.43. The molecule has 0 aliphatic heterocycles. The lowest BCUT2D eigenvalue weighted by molar-refractivity contribution is 0.327. The standard InChI is InChI=1S/C27H22B2N2O/c28-27(29,19-7-2-1-3-8-19)20-12-13-30-24(16-20)18-10-11-25-21(14-18)22-15-17-6-4-5-9-23(17)31-26(22)32-25/h4-6,9-16,19H,1-3,7-8H2. The first-order valence-electron chi connectivity index (χ1n) is 11.4. The maximum atomic E-state index is 6.69. The van der Waals surface area contributed by atoms with E-state index in [-0.39, 0.29) is 0 Å². The molecular weight excluding hydrogens is 390 g/mol. The topological polar surface area (TPSA) is 38.9 Å². The van der Waals surface area contributed by atoms with Crippen molar-refractivity contribution in [3.63, 3.8) is 0 Å². The van der Waals surface area contributed by atoms with Crippen molar-refractivity contribution in [2.75, 3.05) is 0 Å². The molecule has 0 unspecified atom stereocenters. The predicted octanol–water partition coefficient (Wildman–Crippen LogP) is 6.27. The fourth-order valence-corrected chi connectivity index (χ4v) is 5.14. The first-order valence-corrected chi connectivity index (χ1v) is 11.4. The number of fused-ring (bicyclic) bond motifs is 4. The summed E-state index contributed by atoms with van der Waals surface area (Å²) in [7, 11) is 13.4. The van der Waals surface area contributed by atoms with Gasteiger partial charge in [0.2, 0.25) is 5.71 Å². The fraction of sp³-hybridized carbons (Fsp3) is 0.259. The van der Waals surface area contributed by atoms with Crippen LogP contribution in [0.25, 0.3) is 44.2 Å². The first kappa shape index (κ1) is 19.6. The first-order chi connectivity index (χ1) is 15.6. The highest BCUT2D eigenvalue weighted by Gasteiger charge is 2.31. The molecule has 1 fully saturated rings. The molecule has 3 aromatic heterocycles. The van der Waals surface area contributed by atoms with Crippen molar-refractivity contribution in [3.8, 4) is 11.3 Å². The van der Waals surface area contributed by atoms with Crippen LogP contribution in [0.5, 0.6) is 0 Å². The van der Waals surface area contributed by atoms with Crippen molar-refractivity contribution >= 4 is 48.7 Å². The molecule has 0 bridgehead atoms. The van der Waals surface area contributed by atoms with Gasteiger partial charge in [0.15, 0.2) is 0 Å². The van der Waals surface area contributed by atoms with E-state index < -0.39 is 5.21 Å². The van der Waals surface area contributed by atoms with E-state index in [0.29, 0.717) is 11.6 Å². The molecule has 0 N–H and O–H groups in total. The van der Waals surface area contributed by atoms with Crippen molar-refractivity contribution in [3.05, 3.63) is 72.4 Å². The molecule has 152 valence electrons. The molecule has 0 spiro atoms. The summed E-state index contributed by atoms with van der Waals surface area (Å²) >= 11 is 0. The average molecular weight is 412 g/mol. The molecule has 5 heteroatoms. The number of hydrogen-bond donors (Lipinski definition) is 0. The van der Waals surface area contributed by atoms with Gasteiger partial charge in [0, 0.05) is 27.9 Å². The van der Waals surface area contributed by atoms with E-state index in [1.165, 1.54) is 19.3 Å². The molecule has 4 radical (unpaired) electrons. The van der Waals surface area contributed by atoms with Gasteiger partial charge in [-0.1, -0.05) is 61.1 Å². The number of aromatic nitrogens is 2. The van der Waals surface area contributed by atoms with Gasteiger partial charge in [0.25, 0.3) is 0 Å². The van der Waals surface area contributed by atoms with Gasteiger partial charge < -0.3 is 4.42 Å². The van der Waals surface area contributed by atoms with Crippen LogP contribution < -0.4 is 0 Å². The maximum Gasteiger partial charge on any atom is 0.227 e. The van der Waals surface area contributed by atoms with Crippen LogP contribution in [0.1, 0.15) is 37.7 Å². The van der Waals surface area contributed by atoms with Crippen LogP contribution in [0.4, 0.5) is 0 Å². The summed E-state index contributed by atoms with van der Waals surface area (Å²) < 4.78 is 6.04. The van der Waals surface area contributed by atoms with E-state index in [2.05, 4.69) is 23.2 Å². The van der Waals surface area contributed by atoms with Gasteiger partial charge in [-0.2, -0.15) is 0 Å². The van der Waals surface area contributed by atoms with Crippen LogP contribution in [0, 0.1) is 5.92 Å². The summed E-state index contributed by atoms with van der Waals surface area (Å²) in [5.74, 6) is 0.297. The number of benzene rings is 2. The summed E-state index contributed by atoms with van der Waals surface area (Å²) in [6, 6.07) is 20.4. The van der Waals surface area contributed by atoms with Gasteiger partial charge in [-0.05, 0) is 48.4 Å². The van der Waals surface area contributed by atoms with Crippen LogP contribution in [-0.4, -0.2) is 25.7 Å². The van der Waals surface area contributed by atoms with E-state index in [0.717, 1.165) is 56.9 Å². The molecular formula is C27H22B2N2O. The lowest BCUT2D eigenvalue weighted by Gasteiger charge is -2.38. The summed E-state index contributed by atoms with van der Waals surface area (Å²) in [5.41, 5.74) is 5.21. The van der Waals surface area contributed by atoms with Crippen molar-refractivity contribution in [2.45, 2.75) is 37.3 Å². The SMILES string of the molecule is [B]C([B])(c1ccnc(-c2ccc3oc4nc5ccccc5cc4c3c2)c1)C1CCCCC1. The second-order valence-electron chi connectivity index (χ2n) is 9.04. The maximum absolute atomic E-state index is 6.69. The molecule has 0 saturated heterocycles. The molecule has 6 rings (SSSR count). The smallest absolute Gasteiger partial charge is 0.227 e. The van der Waals surface area contributed by atoms with E-state index in [1.807, 2.05) is 48.7 Å². The van der Waals surface area contributed by atoms with Crippen LogP contribution in [0.15, 0.2) is 71.3 Å². The van der Waals surface area contributed by atoms with E-state index in [9.17, 15) is 0 Å². The third kappa shape index (κ3) is 3.22. The number of nitrogens with zero attached hydrogens (tertiary/aromatic N) is 2. The molecule has 1 aliphatic carbocycles. The number of rotatable bonds is 3. The minimum Gasteiger partial charge on any atom is -0.438 e. The Morgan fingerprint density at radius 1 is 0.875 bits per heavy atom. The minimum atomic E-state index is -0.840. The Hall–Kier alpha value is -3.07. The highest BCUT2D eigenvalue weighted by Crippen LogP contribution is 2.38. The second kappa shape index (κ2) is 7.51. The zero-order valence-electron chi connectivity index (χ0n) is 17.9. The van der Waals surface area contributed by atoms with Crippen molar-refractivity contribution in [1.29, 1.82) is 0 Å². The van der Waals surface area contributed by atoms with Crippen molar-refractivity contribution in [1.82, 2.24) is 9.97 Å². The second-order valence-corrected chi connectivity index (χ2v) is 9.04. The van der Waals surface area contributed by atoms with E-state index >= 15 is 0 Å². The Balaban J connectivity index is 1.44. The molecule has 3 heterocycles. The normalized spacial score (nSPS) is 15.6. The molecule has 1 aliphatic rings. The Kier molecular flexibility index (Phi) is 4.60. The van der Waals surface area contributed by atoms with E-state index in [4.69, 9.17) is 25.1 Å². The lowest BCUT2D eigenvalue weighted by Crippen LogP contribution is -2.37. The average Bonchev–Trinajstić information content (AvgIpc) is 3.20. The van der Waals surface area contributed by atoms with Crippen molar-refractivity contribution < 1.29 is 4.42 Å². The fourth-order valence-electron chi connectivity index (χ4n) is 5.14. The minimum absolute atomic E-state index is 0.297. The zero-order valence-corrected chi connectivity index (χ0v) is 17.9. The molecule has 1 saturated carbocycles. The molecule has 0 amide bonds. The summed E-state index contributed by atoms with van der Waals surface area (Å²) in [5, 5.41) is 2.29. The van der Waals surface area contributed by atoms with Crippen LogP contribution in [0.3, 0.4) is 0 Å². The Labute approximate surface area is 190 Å². The largest absolute Gasteiger partial charge is 0.438 e. The van der Waals surface area contributed by atoms with Gasteiger partial charge in [-0.15, -0.1) is 0 Å². The molecule has 2 aromatic carbocycles. The van der Waals surface area contributed by atoms with Gasteiger partial charge in [-0.25, -0.2) is 4.98 Å². The monoisotopic (exact) mass is 412 g/mol. The molecule has 5 aromatic rings. The van der Waals surface area contributed by atoms with Crippen molar-refractivity contribution in [2.24, 2.45) is 5.92 Å². The number of furan rings is 1. The summed E-state index contributed by atoms with van der Waals surface area (Å²) in [6.45, 7) is 0. The summed E-state index contributed by atoms with van der Waals surface area (Å²) in [6.07, 6.45) is 7.65.